The van der Waals surface area contributed by atoms with Gasteiger partial charge in [0.15, 0.2) is 6.10 Å². The van der Waals surface area contributed by atoms with E-state index < -0.39 is 6.10 Å². The maximum absolute atomic E-state index is 11.7. The highest BCUT2D eigenvalue weighted by molar-refractivity contribution is 5.83. The van der Waals surface area contributed by atoms with Crippen molar-refractivity contribution in [3.05, 3.63) is 41.5 Å². The van der Waals surface area contributed by atoms with Gasteiger partial charge in [-0.3, -0.25) is 4.79 Å². The van der Waals surface area contributed by atoms with Crippen LogP contribution in [-0.4, -0.2) is 20.1 Å². The number of methoxy groups -OCH3 is 1. The zero-order valence-corrected chi connectivity index (χ0v) is 10.6. The Bertz CT molecular complexity index is 399. The van der Waals surface area contributed by atoms with E-state index in [1.807, 2.05) is 30.3 Å². The number of carbonyl (C=O) groups excluding carboxylic acids is 1. The first-order valence-electron chi connectivity index (χ1n) is 5.74. The molecule has 1 amide bonds. The van der Waals surface area contributed by atoms with Crippen LogP contribution in [0.25, 0.3) is 6.08 Å². The van der Waals surface area contributed by atoms with Crippen molar-refractivity contribution in [1.82, 2.24) is 5.32 Å². The highest BCUT2D eigenvalue weighted by Gasteiger charge is 2.20. The van der Waals surface area contributed by atoms with Gasteiger partial charge in [-0.25, -0.2) is 0 Å². The quantitative estimate of drug-likeness (QED) is 0.848. The number of hydrogen-bond donors (Lipinski definition) is 1. The van der Waals surface area contributed by atoms with Crippen LogP contribution < -0.4 is 5.32 Å². The molecule has 0 radical (unpaired) electrons. The molecule has 0 spiro atoms. The largest absolute Gasteiger partial charge is 0.367 e. The van der Waals surface area contributed by atoms with Crippen LogP contribution >= 0.6 is 0 Å². The van der Waals surface area contributed by atoms with Crippen LogP contribution in [-0.2, 0) is 9.53 Å². The summed E-state index contributed by atoms with van der Waals surface area (Å²) in [6.45, 7) is 2.08. The number of hydrogen-bond acceptors (Lipinski definition) is 2. The van der Waals surface area contributed by atoms with Gasteiger partial charge in [0.1, 0.15) is 0 Å². The van der Waals surface area contributed by atoms with Gasteiger partial charge in [-0.2, -0.15) is 0 Å². The molecule has 1 aromatic carbocycles. The van der Waals surface area contributed by atoms with E-state index in [4.69, 9.17) is 4.74 Å². The van der Waals surface area contributed by atoms with Crippen LogP contribution in [0.3, 0.4) is 0 Å². The average Bonchev–Trinajstić information content (AvgIpc) is 2.38. The molecule has 0 aliphatic heterocycles. The van der Waals surface area contributed by atoms with E-state index in [9.17, 15) is 4.79 Å². The lowest BCUT2D eigenvalue weighted by molar-refractivity contribution is -0.130. The molecule has 0 saturated carbocycles. The molecule has 1 rings (SSSR count). The number of benzene rings is 1. The van der Waals surface area contributed by atoms with Gasteiger partial charge in [0.05, 0.1) is 0 Å². The third-order valence-electron chi connectivity index (χ3n) is 2.53. The Morgan fingerprint density at radius 1 is 1.47 bits per heavy atom. The van der Waals surface area contributed by atoms with Crippen molar-refractivity contribution in [3.8, 4) is 0 Å². The van der Waals surface area contributed by atoms with Crippen molar-refractivity contribution in [3.63, 3.8) is 0 Å². The third-order valence-corrected chi connectivity index (χ3v) is 2.53. The number of carbonyl (C=O) groups is 1. The van der Waals surface area contributed by atoms with Gasteiger partial charge in [0, 0.05) is 14.2 Å². The zero-order chi connectivity index (χ0) is 12.7. The fraction of sp³-hybridized carbons (Fsp3) is 0.357. The molecular formula is C14H19NO2. The number of rotatable bonds is 5. The van der Waals surface area contributed by atoms with Gasteiger partial charge >= 0.3 is 0 Å². The van der Waals surface area contributed by atoms with E-state index >= 15 is 0 Å². The normalized spacial score (nSPS) is 12.6. The Labute approximate surface area is 102 Å². The SMILES string of the molecule is CC/C=C/c1ccccc1C(OC)C(=O)NC. The van der Waals surface area contributed by atoms with E-state index in [-0.39, 0.29) is 5.91 Å². The van der Waals surface area contributed by atoms with E-state index in [0.29, 0.717) is 0 Å². The Balaban J connectivity index is 3.10. The molecule has 1 N–H and O–H groups in total. The Hall–Kier alpha value is -1.61. The minimum Gasteiger partial charge on any atom is -0.367 e. The molecule has 1 aromatic rings. The lowest BCUT2D eigenvalue weighted by Crippen LogP contribution is -2.27. The summed E-state index contributed by atoms with van der Waals surface area (Å²) in [5.41, 5.74) is 1.91. The summed E-state index contributed by atoms with van der Waals surface area (Å²) in [7, 11) is 3.15. The molecule has 0 heterocycles. The lowest BCUT2D eigenvalue weighted by Gasteiger charge is -2.16. The van der Waals surface area contributed by atoms with Crippen LogP contribution in [0.15, 0.2) is 30.3 Å². The highest BCUT2D eigenvalue weighted by Crippen LogP contribution is 2.22. The average molecular weight is 233 g/mol. The summed E-state index contributed by atoms with van der Waals surface area (Å²) in [4.78, 5) is 11.7. The predicted molar refractivity (Wildman–Crippen MR) is 69.6 cm³/mol. The fourth-order valence-electron chi connectivity index (χ4n) is 1.65. The van der Waals surface area contributed by atoms with Crippen LogP contribution in [0.5, 0.6) is 0 Å². The molecule has 1 unspecified atom stereocenters. The summed E-state index contributed by atoms with van der Waals surface area (Å²) in [6.07, 6.45) is 4.49. The molecular weight excluding hydrogens is 214 g/mol. The van der Waals surface area contributed by atoms with E-state index in [0.717, 1.165) is 17.5 Å². The Morgan fingerprint density at radius 2 is 2.18 bits per heavy atom. The highest BCUT2D eigenvalue weighted by atomic mass is 16.5. The second-order valence-electron chi connectivity index (χ2n) is 3.67. The topological polar surface area (TPSA) is 38.3 Å². The molecule has 0 saturated heterocycles. The van der Waals surface area contributed by atoms with Crippen molar-refractivity contribution in [2.24, 2.45) is 0 Å². The first-order valence-corrected chi connectivity index (χ1v) is 5.74. The first-order chi connectivity index (χ1) is 8.24. The van der Waals surface area contributed by atoms with Gasteiger partial charge in [-0.1, -0.05) is 43.3 Å². The van der Waals surface area contributed by atoms with Crippen LogP contribution in [0.4, 0.5) is 0 Å². The number of allylic oxidation sites excluding steroid dienone is 1. The predicted octanol–water partition coefficient (Wildman–Crippen LogP) is 2.54. The molecule has 0 fully saturated rings. The third kappa shape index (κ3) is 3.43. The van der Waals surface area contributed by atoms with E-state index in [2.05, 4.69) is 18.3 Å². The minimum absolute atomic E-state index is 0.134. The van der Waals surface area contributed by atoms with E-state index in [1.54, 1.807) is 14.2 Å². The summed E-state index contributed by atoms with van der Waals surface area (Å²) in [5, 5.41) is 2.61. The molecule has 17 heavy (non-hydrogen) atoms. The Kier molecular flexibility index (Phi) is 5.43. The molecule has 3 nitrogen and oxygen atoms in total. The first kappa shape index (κ1) is 13.5. The van der Waals surface area contributed by atoms with Crippen molar-refractivity contribution < 1.29 is 9.53 Å². The number of amides is 1. The molecule has 0 bridgehead atoms. The van der Waals surface area contributed by atoms with Gasteiger partial charge in [0.2, 0.25) is 0 Å². The number of ether oxygens (including phenoxy) is 1. The van der Waals surface area contributed by atoms with Gasteiger partial charge in [-0.15, -0.1) is 0 Å². The molecule has 3 heteroatoms. The Morgan fingerprint density at radius 3 is 2.76 bits per heavy atom. The van der Waals surface area contributed by atoms with Crippen LogP contribution in [0, 0.1) is 0 Å². The molecule has 1 atom stereocenters. The smallest absolute Gasteiger partial charge is 0.253 e. The molecule has 0 aliphatic rings. The maximum Gasteiger partial charge on any atom is 0.253 e. The van der Waals surface area contributed by atoms with Crippen molar-refractivity contribution in [1.29, 1.82) is 0 Å². The van der Waals surface area contributed by atoms with E-state index in [1.165, 1.54) is 0 Å². The monoisotopic (exact) mass is 233 g/mol. The van der Waals surface area contributed by atoms with Gasteiger partial charge < -0.3 is 10.1 Å². The van der Waals surface area contributed by atoms with Crippen molar-refractivity contribution in [2.45, 2.75) is 19.4 Å². The zero-order valence-electron chi connectivity index (χ0n) is 10.6. The summed E-state index contributed by atoms with van der Waals surface area (Å²) < 4.78 is 5.26. The van der Waals surface area contributed by atoms with Gasteiger partial charge in [0.25, 0.3) is 5.91 Å². The fourth-order valence-corrected chi connectivity index (χ4v) is 1.65. The molecule has 92 valence electrons. The molecule has 0 aromatic heterocycles. The second-order valence-corrected chi connectivity index (χ2v) is 3.67. The van der Waals surface area contributed by atoms with Crippen LogP contribution in [0.1, 0.15) is 30.6 Å². The van der Waals surface area contributed by atoms with Crippen LogP contribution in [0.2, 0.25) is 0 Å². The standard InChI is InChI=1S/C14H19NO2/c1-4-5-8-11-9-6-7-10-12(11)13(17-3)14(16)15-2/h5-10,13H,4H2,1-3H3,(H,15,16)/b8-5+. The summed E-state index contributed by atoms with van der Waals surface area (Å²) >= 11 is 0. The second kappa shape index (κ2) is 6.86. The van der Waals surface area contributed by atoms with Gasteiger partial charge in [-0.05, 0) is 17.5 Å². The van der Waals surface area contributed by atoms with Crippen molar-refractivity contribution >= 4 is 12.0 Å². The lowest BCUT2D eigenvalue weighted by atomic mass is 10.0. The summed E-state index contributed by atoms with van der Waals surface area (Å²) in [6, 6.07) is 7.76. The minimum atomic E-state index is -0.558. The maximum atomic E-state index is 11.7. The number of nitrogens with one attached hydrogen (secondary N) is 1. The van der Waals surface area contributed by atoms with Crippen molar-refractivity contribution in [2.75, 3.05) is 14.2 Å². The summed E-state index contributed by atoms with van der Waals surface area (Å²) in [5.74, 6) is -0.134. The number of likely N-dealkylation sites (N-methyl/N-ethyl adjacent to an activating group) is 1. The molecule has 0 aliphatic carbocycles.